The number of nitrogens with one attached hydrogen (secondary N) is 1. The Balaban J connectivity index is 2.31. The molecule has 0 radical (unpaired) electrons. The van der Waals surface area contributed by atoms with E-state index in [0.29, 0.717) is 0 Å². The van der Waals surface area contributed by atoms with Crippen LogP contribution in [0.3, 0.4) is 0 Å². The van der Waals surface area contributed by atoms with Crippen molar-refractivity contribution in [3.8, 4) is 0 Å². The molecule has 118 valence electrons. The first-order chi connectivity index (χ1) is 10.3. The van der Waals surface area contributed by atoms with Gasteiger partial charge in [-0.15, -0.1) is 0 Å². The molecule has 2 rings (SSSR count). The molecule has 0 heterocycles. The van der Waals surface area contributed by atoms with Crippen LogP contribution in [0, 0.1) is 5.92 Å². The lowest BCUT2D eigenvalue weighted by molar-refractivity contribution is -0.540. The first-order valence-electron chi connectivity index (χ1n) is 7.17. The van der Waals surface area contributed by atoms with Crippen molar-refractivity contribution in [3.05, 3.63) is 30.3 Å². The van der Waals surface area contributed by atoms with E-state index in [-0.39, 0.29) is 17.3 Å². The molecule has 2 unspecified atom stereocenters. The Bertz CT molecular complexity index is 608. The Morgan fingerprint density at radius 3 is 2.23 bits per heavy atom. The zero-order valence-electron chi connectivity index (χ0n) is 12.8. The molecular formula is C16H20N2O4. The molecule has 1 saturated carbocycles. The highest BCUT2D eigenvalue weighted by atomic mass is 16.4. The van der Waals surface area contributed by atoms with Crippen LogP contribution in [-0.4, -0.2) is 52.4 Å². The van der Waals surface area contributed by atoms with Crippen molar-refractivity contribution >= 4 is 23.1 Å². The van der Waals surface area contributed by atoms with Gasteiger partial charge >= 0.3 is 5.97 Å². The second kappa shape index (κ2) is 6.37. The van der Waals surface area contributed by atoms with Crippen molar-refractivity contribution in [3.63, 3.8) is 0 Å². The van der Waals surface area contributed by atoms with Crippen molar-refractivity contribution in [1.29, 1.82) is 0 Å². The largest absolute Gasteiger partial charge is 0.837 e. The number of carboxylic acid groups (broad SMARTS) is 1. The molecule has 0 bridgehead atoms. The van der Waals surface area contributed by atoms with Crippen LogP contribution in [0.15, 0.2) is 30.3 Å². The number of nitrogens with zero attached hydrogens (tertiary/aromatic N) is 1. The van der Waals surface area contributed by atoms with E-state index in [2.05, 4.69) is 4.99 Å². The molecule has 0 saturated heterocycles. The van der Waals surface area contributed by atoms with Gasteiger partial charge in [-0.2, -0.15) is 0 Å². The number of hydrogen-bond donors (Lipinski definition) is 2. The molecule has 1 fully saturated rings. The van der Waals surface area contributed by atoms with Crippen LogP contribution in [0.2, 0.25) is 0 Å². The highest BCUT2D eigenvalue weighted by molar-refractivity contribution is 6.28. The fourth-order valence-electron chi connectivity index (χ4n) is 2.49. The highest BCUT2D eigenvalue weighted by Gasteiger charge is 2.42. The van der Waals surface area contributed by atoms with Crippen molar-refractivity contribution < 1.29 is 29.7 Å². The van der Waals surface area contributed by atoms with E-state index in [1.807, 2.05) is 30.3 Å². The molecule has 1 aromatic rings. The van der Waals surface area contributed by atoms with Crippen LogP contribution in [0.1, 0.15) is 13.8 Å². The van der Waals surface area contributed by atoms with Crippen LogP contribution in [0.25, 0.3) is 0 Å². The predicted molar refractivity (Wildman–Crippen MR) is 77.1 cm³/mol. The predicted octanol–water partition coefficient (Wildman–Crippen LogP) is -2.50. The summed E-state index contributed by atoms with van der Waals surface area (Å²) < 4.78 is 1.59. The van der Waals surface area contributed by atoms with Gasteiger partial charge in [0.25, 0.3) is 0 Å². The second-order valence-corrected chi connectivity index (χ2v) is 5.74. The number of rotatable bonds is 4. The van der Waals surface area contributed by atoms with E-state index < -0.39 is 24.2 Å². The lowest BCUT2D eigenvalue weighted by atomic mass is 9.85. The summed E-state index contributed by atoms with van der Waals surface area (Å²) in [7, 11) is 1.67. The Morgan fingerprint density at radius 1 is 1.23 bits per heavy atom. The smallest absolute Gasteiger partial charge is 0.373 e. The third kappa shape index (κ3) is 2.93. The van der Waals surface area contributed by atoms with E-state index in [4.69, 9.17) is 5.11 Å². The molecule has 1 aliphatic carbocycles. The summed E-state index contributed by atoms with van der Waals surface area (Å²) in [5.74, 6) is -1.29. The zero-order valence-corrected chi connectivity index (χ0v) is 12.8. The molecule has 22 heavy (non-hydrogen) atoms. The third-order valence-corrected chi connectivity index (χ3v) is 3.89. The van der Waals surface area contributed by atoms with Gasteiger partial charge in [0, 0.05) is 30.3 Å². The molecule has 1 aromatic carbocycles. The van der Waals surface area contributed by atoms with Gasteiger partial charge in [0.2, 0.25) is 11.7 Å². The summed E-state index contributed by atoms with van der Waals surface area (Å²) >= 11 is 0. The van der Waals surface area contributed by atoms with Crippen molar-refractivity contribution in [2.75, 3.05) is 7.05 Å². The first kappa shape index (κ1) is 16.3. The van der Waals surface area contributed by atoms with E-state index in [0.717, 1.165) is 5.69 Å². The molecule has 6 nitrogen and oxygen atoms in total. The summed E-state index contributed by atoms with van der Waals surface area (Å²) in [5.41, 5.74) is 0.984. The second-order valence-electron chi connectivity index (χ2n) is 5.74. The topological polar surface area (TPSA) is 100 Å². The van der Waals surface area contributed by atoms with Crippen molar-refractivity contribution in [2.45, 2.75) is 32.1 Å². The van der Waals surface area contributed by atoms with Crippen molar-refractivity contribution in [2.24, 2.45) is 5.92 Å². The molecule has 0 aliphatic heterocycles. The molecule has 0 aromatic heterocycles. The van der Waals surface area contributed by atoms with Crippen LogP contribution < -0.4 is 15.2 Å². The number of carbonyl (C=O) groups is 1. The quantitative estimate of drug-likeness (QED) is 0.601. The van der Waals surface area contributed by atoms with Crippen LogP contribution in [0.5, 0.6) is 0 Å². The average molecular weight is 304 g/mol. The van der Waals surface area contributed by atoms with Gasteiger partial charge in [0.05, 0.1) is 0 Å². The molecule has 0 amide bonds. The lowest BCUT2D eigenvalue weighted by Crippen LogP contribution is -2.94. The maximum atomic E-state index is 12.3. The molecule has 1 aliphatic rings. The summed E-state index contributed by atoms with van der Waals surface area (Å²) in [6, 6.07) is 8.20. The minimum atomic E-state index is -1.31. The van der Waals surface area contributed by atoms with E-state index in [9.17, 15) is 15.0 Å². The Kier molecular flexibility index (Phi) is 4.73. The summed E-state index contributed by atoms with van der Waals surface area (Å²) in [6.45, 7) is 3.46. The molecule has 3 atom stereocenters. The average Bonchev–Trinajstić information content (AvgIpc) is 2.47. The minimum absolute atomic E-state index is 0.0129. The van der Waals surface area contributed by atoms with Gasteiger partial charge in [0.15, 0.2) is 5.71 Å². The Labute approximate surface area is 129 Å². The Hall–Kier alpha value is -2.05. The Morgan fingerprint density at radius 2 is 1.77 bits per heavy atom. The van der Waals surface area contributed by atoms with Gasteiger partial charge in [-0.1, -0.05) is 32.0 Å². The maximum Gasteiger partial charge on any atom is 0.373 e. The molecule has 6 heteroatoms. The fourth-order valence-corrected chi connectivity index (χ4v) is 2.49. The number of para-hydroxylation sites is 1. The molecule has 2 N–H and O–H groups in total. The van der Waals surface area contributed by atoms with Gasteiger partial charge < -0.3 is 15.3 Å². The van der Waals surface area contributed by atoms with E-state index in [1.54, 1.807) is 25.5 Å². The van der Waals surface area contributed by atoms with Gasteiger partial charge in [0.1, 0.15) is 12.8 Å². The zero-order chi connectivity index (χ0) is 16.4. The monoisotopic (exact) mass is 304 g/mol. The summed E-state index contributed by atoms with van der Waals surface area (Å²) in [4.78, 5) is 13.8. The normalized spacial score (nSPS) is 22.3. The summed E-state index contributed by atoms with van der Waals surface area (Å²) in [5, 5.41) is 33.7. The lowest BCUT2D eigenvalue weighted by Gasteiger charge is -2.41. The SMILES string of the molecule is CC(C)[C@H]([NH+]=C1C([O-])C(=[N+](C)c2ccccc2)C1[O-])C(=O)O. The number of aliphatic carboxylic acids is 1. The highest BCUT2D eigenvalue weighted by Crippen LogP contribution is 2.15. The maximum absolute atomic E-state index is 12.3. The van der Waals surface area contributed by atoms with Gasteiger partial charge in [-0.05, 0) is 0 Å². The number of benzene rings is 1. The van der Waals surface area contributed by atoms with Gasteiger partial charge in [-0.25, -0.2) is 14.4 Å². The number of hydrogen-bond acceptors (Lipinski definition) is 3. The summed E-state index contributed by atoms with van der Waals surface area (Å²) in [6.07, 6.45) is -2.62. The van der Waals surface area contributed by atoms with Gasteiger partial charge in [-0.3, -0.25) is 0 Å². The standard InChI is InChI=1S/C16H19N2O4/c1-9(2)11(16(21)22)17-12-14(19)13(15(12)20)18(3)10-7-5-4-6-8-10/h4-9,11,14-15H,1-3H3,(H,21,22)/q-1/p+1/t11-,14?,15?/m0/s1. The van der Waals surface area contributed by atoms with Crippen LogP contribution >= 0.6 is 0 Å². The van der Waals surface area contributed by atoms with E-state index in [1.165, 1.54) is 0 Å². The molecule has 0 spiro atoms. The van der Waals surface area contributed by atoms with E-state index >= 15 is 0 Å². The van der Waals surface area contributed by atoms with Crippen molar-refractivity contribution in [1.82, 2.24) is 0 Å². The van der Waals surface area contributed by atoms with Crippen LogP contribution in [0.4, 0.5) is 5.69 Å². The molecular weight excluding hydrogens is 284 g/mol. The third-order valence-electron chi connectivity index (χ3n) is 3.89. The first-order valence-corrected chi connectivity index (χ1v) is 7.17. The minimum Gasteiger partial charge on any atom is -0.837 e. The van der Waals surface area contributed by atoms with Crippen LogP contribution in [-0.2, 0) is 4.79 Å². The fraction of sp³-hybridized carbons (Fsp3) is 0.438. The number of carboxylic acids is 1.